The van der Waals surface area contributed by atoms with Crippen molar-refractivity contribution in [3.05, 3.63) is 0 Å². The van der Waals surface area contributed by atoms with Gasteiger partial charge < -0.3 is 0 Å². The van der Waals surface area contributed by atoms with Gasteiger partial charge in [0.1, 0.15) is 0 Å². The van der Waals surface area contributed by atoms with Gasteiger partial charge in [0.05, 0.1) is 0 Å². The van der Waals surface area contributed by atoms with Crippen molar-refractivity contribution in [1.82, 2.24) is 5.32 Å². The minimum atomic E-state index is -2.36. The Balaban J connectivity index is 4.58. The first-order valence-electron chi connectivity index (χ1n) is 4.30. The number of carboxylic acids is 1. The first-order valence-corrected chi connectivity index (χ1v) is 7.05. The molecule has 4 atom stereocenters. The topological polar surface area (TPSA) is 164 Å². The first-order chi connectivity index (χ1) is 7.68. The number of aliphatic hydroxyl groups is 4. The van der Waals surface area contributed by atoms with E-state index in [-0.39, 0.29) is 0 Å². The van der Waals surface area contributed by atoms with Crippen LogP contribution < -0.4 is 5.32 Å². The molecule has 17 heavy (non-hydrogen) atoms. The quantitative estimate of drug-likeness (QED) is 0.240. The Kier molecular flexibility index (Phi) is 6.71. The number of carboxylic acid groups (broad SMARTS) is 1. The van der Waals surface area contributed by atoms with Gasteiger partial charge in [-0.25, -0.2) is 0 Å². The number of aliphatic carboxylic acids is 1. The molecule has 0 saturated carbocycles. The molecule has 0 aromatic heterocycles. The number of carbonyl (C=O) groups excluding carboxylic acids is 2. The van der Waals surface area contributed by atoms with E-state index in [9.17, 15) is 24.6 Å². The van der Waals surface area contributed by atoms with Crippen molar-refractivity contribution in [3.63, 3.8) is 0 Å². The maximum absolute atomic E-state index is 11.0. The third kappa shape index (κ3) is 5.04. The van der Waals surface area contributed by atoms with Gasteiger partial charge in [-0.15, -0.1) is 0 Å². The Morgan fingerprint density at radius 2 is 1.35 bits per heavy atom. The molecule has 0 saturated heterocycles. The second-order valence-corrected chi connectivity index (χ2v) is 5.62. The monoisotopic (exact) mass is 438 g/mol. The molecule has 0 bridgehead atoms. The number of hydrogen-bond acceptors (Lipinski definition) is 7. The molecule has 9 nitrogen and oxygen atoms in total. The van der Waals surface area contributed by atoms with Crippen LogP contribution in [0.15, 0.2) is 0 Å². The molecule has 6 N–H and O–H groups in total. The van der Waals surface area contributed by atoms with Crippen LogP contribution in [0.1, 0.15) is 0 Å². The van der Waals surface area contributed by atoms with E-state index < -0.39 is 65.8 Å². The normalized spacial score (nSPS) is 17.8. The Morgan fingerprint density at radius 3 is 1.71 bits per heavy atom. The number of nitrogens with one attached hydrogen (secondary N) is 1. The van der Waals surface area contributed by atoms with E-state index >= 15 is 0 Å². The summed E-state index contributed by atoms with van der Waals surface area (Å²) in [5, 5.41) is 46.4. The van der Waals surface area contributed by atoms with Crippen molar-refractivity contribution in [1.29, 1.82) is 0 Å². The van der Waals surface area contributed by atoms with Crippen LogP contribution in [0.4, 0.5) is 4.79 Å². The third-order valence-electron chi connectivity index (χ3n) is 1.78. The van der Waals surface area contributed by atoms with Gasteiger partial charge in [0.15, 0.2) is 0 Å². The van der Waals surface area contributed by atoms with Crippen LogP contribution in [0.3, 0.4) is 0 Å². The van der Waals surface area contributed by atoms with Crippen LogP contribution in [-0.4, -0.2) is 65.2 Å². The zero-order valence-corrected chi connectivity index (χ0v) is 14.0. The number of amides is 2. The summed E-state index contributed by atoms with van der Waals surface area (Å²) in [5.41, 5.74) is 0. The van der Waals surface area contributed by atoms with E-state index in [1.165, 1.54) is 0 Å². The fraction of sp³-hybridized carbons (Fsp3) is 0.571. The van der Waals surface area contributed by atoms with Crippen molar-refractivity contribution < 1.29 is 66.0 Å². The van der Waals surface area contributed by atoms with E-state index in [2.05, 4.69) is 0 Å². The number of aliphatic hydroxyl groups excluding tert-OH is 4. The van der Waals surface area contributed by atoms with Gasteiger partial charge in [-0.2, -0.15) is 0 Å². The van der Waals surface area contributed by atoms with Gasteiger partial charge >= 0.3 is 111 Å². The minimum absolute atomic E-state index is 0.418. The molecule has 2 amide bonds. The number of hydrogen-bond donors (Lipinski definition) is 6. The second-order valence-electron chi connectivity index (χ2n) is 3.12. The summed E-state index contributed by atoms with van der Waals surface area (Å²) in [6.07, 6.45) is -9.06. The molecule has 0 rings (SSSR count). The van der Waals surface area contributed by atoms with Crippen molar-refractivity contribution in [2.75, 3.05) is 0 Å². The molecule has 3 unspecified atom stereocenters. The summed E-state index contributed by atoms with van der Waals surface area (Å²) < 4.78 is -0.616. The molecule has 0 aromatic rings. The molecule has 0 fully saturated rings. The third-order valence-corrected chi connectivity index (χ3v) is 2.47. The van der Waals surface area contributed by atoms with E-state index in [0.717, 1.165) is 0 Å². The second kappa shape index (κ2) is 6.96. The summed E-state index contributed by atoms with van der Waals surface area (Å²) in [7, 11) is 0. The summed E-state index contributed by atoms with van der Waals surface area (Å²) in [5.74, 6) is -3.10. The zero-order chi connectivity index (χ0) is 13.7. The fourth-order valence-electron chi connectivity index (χ4n) is 0.886. The van der Waals surface area contributed by atoms with Gasteiger partial charge in [0.25, 0.3) is 0 Å². The van der Waals surface area contributed by atoms with Crippen LogP contribution >= 0.6 is 0 Å². The number of imide groups is 1. The van der Waals surface area contributed by atoms with E-state index in [4.69, 9.17) is 15.3 Å². The van der Waals surface area contributed by atoms with E-state index in [0.29, 0.717) is 0 Å². The fourth-order valence-corrected chi connectivity index (χ4v) is 1.56. The summed E-state index contributed by atoms with van der Waals surface area (Å²) in [4.78, 5) is 31.9. The van der Waals surface area contributed by atoms with Crippen LogP contribution in [-0.2, 0) is 35.7 Å². The number of rotatable bonds is 5. The SMILES string of the molecule is O=[C]([Hg])NC(=O)C(O)C(O)C(O)[C@@H](O)C(=O)O. The van der Waals surface area contributed by atoms with E-state index in [1.54, 1.807) is 5.32 Å². The first kappa shape index (κ1) is 16.4. The van der Waals surface area contributed by atoms with Gasteiger partial charge in [0, 0.05) is 0 Å². The Labute approximate surface area is 111 Å². The molecule has 10 heteroatoms. The molecule has 0 aliphatic carbocycles. The molecule has 0 aliphatic rings. The van der Waals surface area contributed by atoms with Crippen LogP contribution in [0.5, 0.6) is 0 Å². The van der Waals surface area contributed by atoms with Gasteiger partial charge in [-0.3, -0.25) is 0 Å². The zero-order valence-electron chi connectivity index (χ0n) is 8.48. The predicted octanol–water partition coefficient (Wildman–Crippen LogP) is -3.70. The van der Waals surface area contributed by atoms with Crippen LogP contribution in [0.2, 0.25) is 0 Å². The summed E-state index contributed by atoms with van der Waals surface area (Å²) in [6, 6.07) is 0. The predicted molar refractivity (Wildman–Crippen MR) is 45.2 cm³/mol. The molecule has 0 aromatic carbocycles. The standard InChI is InChI=1S/C7H10NO8.Hg/c9-1-8-6(14)4(12)2(10)3(11)5(13)7(15)16;/h2-5,10-13H,(H,15,16)(H,8,9,14);/t2?,3?,4?,5-;/m1./s1. The van der Waals surface area contributed by atoms with Crippen LogP contribution in [0, 0.1) is 0 Å². The Bertz CT molecular complexity index is 321. The van der Waals surface area contributed by atoms with Crippen molar-refractivity contribution in [3.8, 4) is 0 Å². The van der Waals surface area contributed by atoms with Gasteiger partial charge in [-0.05, 0) is 0 Å². The molecular formula is C7H10HgNO8. The van der Waals surface area contributed by atoms with Gasteiger partial charge in [-0.1, -0.05) is 0 Å². The van der Waals surface area contributed by atoms with Crippen molar-refractivity contribution in [2.24, 2.45) is 0 Å². The summed E-state index contributed by atoms with van der Waals surface area (Å²) >= 11 is -0.418. The Morgan fingerprint density at radius 1 is 0.941 bits per heavy atom. The summed E-state index contributed by atoms with van der Waals surface area (Å²) in [6.45, 7) is 0. The molecule has 0 radical (unpaired) electrons. The molecule has 0 spiro atoms. The Hall–Kier alpha value is -0.615. The molecule has 0 heterocycles. The van der Waals surface area contributed by atoms with Crippen LogP contribution in [0.25, 0.3) is 0 Å². The molecule has 0 aliphatic heterocycles. The average molecular weight is 437 g/mol. The average Bonchev–Trinajstić information content (AvgIpc) is 2.23. The molecule has 93 valence electrons. The molecular weight excluding hydrogens is 427 g/mol. The number of carbonyl (C=O) groups is 3. The van der Waals surface area contributed by atoms with Gasteiger partial charge in [0.2, 0.25) is 0 Å². The van der Waals surface area contributed by atoms with E-state index in [1.807, 2.05) is 0 Å². The van der Waals surface area contributed by atoms with Crippen molar-refractivity contribution in [2.45, 2.75) is 24.4 Å². The van der Waals surface area contributed by atoms with Crippen molar-refractivity contribution >= 4 is 15.3 Å². The maximum atomic E-state index is 11.0.